The topological polar surface area (TPSA) is 55.8 Å². The first-order chi connectivity index (χ1) is 15.0. The predicted molar refractivity (Wildman–Crippen MR) is 120 cm³/mol. The lowest BCUT2D eigenvalue weighted by Crippen LogP contribution is -2.13. The molecule has 0 unspecified atom stereocenters. The molecule has 5 heteroatoms. The standard InChI is InChI=1S/C26H31FO4/c1-18(2)26(29)31-15-14-30-25-17-22(9-8-20(25)12-13-28)23-11-10-21(16-24(23)27)19-6-4-3-5-7-19/h8-11,16-17,19,28H,1,3-7,12-15H2,2H3. The van der Waals surface area contributed by atoms with Crippen molar-refractivity contribution in [2.24, 2.45) is 0 Å². The fourth-order valence-corrected chi connectivity index (χ4v) is 4.05. The van der Waals surface area contributed by atoms with Crippen molar-refractivity contribution in [2.45, 2.75) is 51.4 Å². The van der Waals surface area contributed by atoms with Gasteiger partial charge in [-0.3, -0.25) is 0 Å². The zero-order valence-electron chi connectivity index (χ0n) is 18.2. The molecular formula is C26H31FO4. The fraction of sp³-hybridized carbons (Fsp3) is 0.423. The van der Waals surface area contributed by atoms with Crippen LogP contribution in [0.25, 0.3) is 11.1 Å². The largest absolute Gasteiger partial charge is 0.490 e. The van der Waals surface area contributed by atoms with Gasteiger partial charge in [0.15, 0.2) is 0 Å². The normalized spacial score (nSPS) is 14.3. The van der Waals surface area contributed by atoms with Gasteiger partial charge in [0.1, 0.15) is 24.8 Å². The zero-order chi connectivity index (χ0) is 22.2. The predicted octanol–water partition coefficient (Wildman–Crippen LogP) is 5.57. The molecule has 1 saturated carbocycles. The Labute approximate surface area is 183 Å². The Morgan fingerprint density at radius 2 is 1.90 bits per heavy atom. The first-order valence-electron chi connectivity index (χ1n) is 11.0. The summed E-state index contributed by atoms with van der Waals surface area (Å²) in [5.74, 6) is 0.297. The van der Waals surface area contributed by atoms with Gasteiger partial charge in [0.2, 0.25) is 0 Å². The number of hydrogen-bond acceptors (Lipinski definition) is 4. The number of benzene rings is 2. The third kappa shape index (κ3) is 6.17. The number of aliphatic hydroxyl groups excluding tert-OH is 1. The van der Waals surface area contributed by atoms with E-state index in [0.29, 0.717) is 34.8 Å². The van der Waals surface area contributed by atoms with Crippen molar-refractivity contribution in [1.29, 1.82) is 0 Å². The lowest BCUT2D eigenvalue weighted by molar-refractivity contribution is -0.139. The summed E-state index contributed by atoms with van der Waals surface area (Å²) in [7, 11) is 0. The highest BCUT2D eigenvalue weighted by atomic mass is 19.1. The lowest BCUT2D eigenvalue weighted by atomic mass is 9.83. The molecule has 2 aromatic rings. The Morgan fingerprint density at radius 1 is 1.13 bits per heavy atom. The molecule has 166 valence electrons. The summed E-state index contributed by atoms with van der Waals surface area (Å²) in [5, 5.41) is 9.34. The van der Waals surface area contributed by atoms with E-state index >= 15 is 0 Å². The highest BCUT2D eigenvalue weighted by Gasteiger charge is 2.18. The molecule has 1 aliphatic carbocycles. The maximum absolute atomic E-state index is 15.0. The molecule has 31 heavy (non-hydrogen) atoms. The van der Waals surface area contributed by atoms with Gasteiger partial charge in [0.25, 0.3) is 0 Å². The minimum atomic E-state index is -0.465. The Balaban J connectivity index is 1.75. The highest BCUT2D eigenvalue weighted by molar-refractivity contribution is 5.86. The van der Waals surface area contributed by atoms with Crippen molar-refractivity contribution >= 4 is 5.97 Å². The van der Waals surface area contributed by atoms with Crippen molar-refractivity contribution in [3.63, 3.8) is 0 Å². The van der Waals surface area contributed by atoms with E-state index in [-0.39, 0.29) is 25.6 Å². The van der Waals surface area contributed by atoms with Crippen molar-refractivity contribution in [1.82, 2.24) is 0 Å². The highest BCUT2D eigenvalue weighted by Crippen LogP contribution is 2.35. The van der Waals surface area contributed by atoms with E-state index in [1.165, 1.54) is 19.3 Å². The maximum Gasteiger partial charge on any atom is 0.333 e. The van der Waals surface area contributed by atoms with Crippen molar-refractivity contribution in [3.8, 4) is 16.9 Å². The number of carbonyl (C=O) groups excluding carboxylic acids is 1. The van der Waals surface area contributed by atoms with E-state index in [9.17, 15) is 14.3 Å². The van der Waals surface area contributed by atoms with Gasteiger partial charge in [-0.15, -0.1) is 0 Å². The van der Waals surface area contributed by atoms with Gasteiger partial charge >= 0.3 is 5.97 Å². The second-order valence-corrected chi connectivity index (χ2v) is 8.14. The molecule has 0 amide bonds. The monoisotopic (exact) mass is 426 g/mol. The minimum Gasteiger partial charge on any atom is -0.490 e. The van der Waals surface area contributed by atoms with Crippen LogP contribution in [0.2, 0.25) is 0 Å². The molecule has 0 spiro atoms. The van der Waals surface area contributed by atoms with Gasteiger partial charge in [0, 0.05) is 17.7 Å². The molecule has 0 saturated heterocycles. The van der Waals surface area contributed by atoms with Gasteiger partial charge in [0.05, 0.1) is 0 Å². The van der Waals surface area contributed by atoms with Crippen LogP contribution in [0.1, 0.15) is 56.1 Å². The van der Waals surface area contributed by atoms with Crippen LogP contribution >= 0.6 is 0 Å². The third-order valence-corrected chi connectivity index (χ3v) is 5.75. The molecule has 1 fully saturated rings. The number of hydrogen-bond donors (Lipinski definition) is 1. The van der Waals surface area contributed by atoms with Gasteiger partial charge < -0.3 is 14.6 Å². The van der Waals surface area contributed by atoms with E-state index in [2.05, 4.69) is 6.58 Å². The van der Waals surface area contributed by atoms with Crippen LogP contribution in [0.3, 0.4) is 0 Å². The van der Waals surface area contributed by atoms with Crippen LogP contribution < -0.4 is 4.74 Å². The average Bonchev–Trinajstić information content (AvgIpc) is 2.78. The van der Waals surface area contributed by atoms with E-state index in [1.54, 1.807) is 19.1 Å². The van der Waals surface area contributed by atoms with Crippen LogP contribution in [-0.4, -0.2) is 30.9 Å². The summed E-state index contributed by atoms with van der Waals surface area (Å²) in [6.07, 6.45) is 6.37. The molecule has 0 aliphatic heterocycles. The number of aliphatic hydroxyl groups is 1. The quantitative estimate of drug-likeness (QED) is 0.323. The maximum atomic E-state index is 15.0. The first-order valence-corrected chi connectivity index (χ1v) is 11.0. The van der Waals surface area contributed by atoms with Crippen LogP contribution in [-0.2, 0) is 16.0 Å². The third-order valence-electron chi connectivity index (χ3n) is 5.75. The molecule has 2 aromatic carbocycles. The number of rotatable bonds is 9. The Hall–Kier alpha value is -2.66. The zero-order valence-corrected chi connectivity index (χ0v) is 18.2. The number of halogens is 1. The second-order valence-electron chi connectivity index (χ2n) is 8.14. The van der Waals surface area contributed by atoms with E-state index in [1.807, 2.05) is 24.3 Å². The van der Waals surface area contributed by atoms with Crippen LogP contribution in [0.15, 0.2) is 48.6 Å². The van der Waals surface area contributed by atoms with Gasteiger partial charge in [-0.1, -0.05) is 50.1 Å². The molecule has 0 bridgehead atoms. The summed E-state index contributed by atoms with van der Waals surface area (Å²) in [6, 6.07) is 11.0. The SMILES string of the molecule is C=C(C)C(=O)OCCOc1cc(-c2ccc(C3CCCCC3)cc2F)ccc1CCO. The van der Waals surface area contributed by atoms with Crippen LogP contribution in [0, 0.1) is 5.82 Å². The average molecular weight is 427 g/mol. The van der Waals surface area contributed by atoms with E-state index in [4.69, 9.17) is 9.47 Å². The summed E-state index contributed by atoms with van der Waals surface area (Å²) in [6.45, 7) is 5.34. The van der Waals surface area contributed by atoms with Crippen molar-refractivity contribution in [3.05, 3.63) is 65.5 Å². The Morgan fingerprint density at radius 3 is 2.58 bits per heavy atom. The molecular weight excluding hydrogens is 395 g/mol. The molecule has 3 rings (SSSR count). The Bertz CT molecular complexity index is 916. The summed E-state index contributed by atoms with van der Waals surface area (Å²) >= 11 is 0. The fourth-order valence-electron chi connectivity index (χ4n) is 4.05. The van der Waals surface area contributed by atoms with E-state index < -0.39 is 5.97 Å². The lowest BCUT2D eigenvalue weighted by Gasteiger charge is -2.22. The second kappa shape index (κ2) is 11.1. The van der Waals surface area contributed by atoms with Gasteiger partial charge in [-0.2, -0.15) is 0 Å². The van der Waals surface area contributed by atoms with Gasteiger partial charge in [-0.25, -0.2) is 9.18 Å². The Kier molecular flexibility index (Phi) is 8.24. The molecule has 1 aliphatic rings. The molecule has 1 N–H and O–H groups in total. The number of esters is 1. The van der Waals surface area contributed by atoms with Crippen molar-refractivity contribution < 1.29 is 23.8 Å². The van der Waals surface area contributed by atoms with Gasteiger partial charge in [-0.05, 0) is 60.9 Å². The summed E-state index contributed by atoms with van der Waals surface area (Å²) in [5.41, 5.74) is 3.46. The molecule has 4 nitrogen and oxygen atoms in total. The van der Waals surface area contributed by atoms with E-state index in [0.717, 1.165) is 24.0 Å². The molecule has 0 aromatic heterocycles. The van der Waals surface area contributed by atoms with Crippen LogP contribution in [0.5, 0.6) is 5.75 Å². The first kappa shape index (κ1) is 23.0. The van der Waals surface area contributed by atoms with Crippen LogP contribution in [0.4, 0.5) is 4.39 Å². The smallest absolute Gasteiger partial charge is 0.333 e. The number of carbonyl (C=O) groups is 1. The summed E-state index contributed by atoms with van der Waals surface area (Å²) < 4.78 is 25.9. The minimum absolute atomic E-state index is 0.0230. The molecule has 0 heterocycles. The summed E-state index contributed by atoms with van der Waals surface area (Å²) in [4.78, 5) is 11.5. The molecule has 0 radical (unpaired) electrons. The van der Waals surface area contributed by atoms with Crippen molar-refractivity contribution in [2.75, 3.05) is 19.8 Å². The number of ether oxygens (including phenoxy) is 2. The molecule has 0 atom stereocenters.